The predicted molar refractivity (Wildman–Crippen MR) is 82.7 cm³/mol. The topological polar surface area (TPSA) is 71.8 Å². The van der Waals surface area contributed by atoms with Crippen LogP contribution in [0.5, 0.6) is 0 Å². The normalized spacial score (nSPS) is 15.2. The third kappa shape index (κ3) is 2.85. The first kappa shape index (κ1) is 13.9. The number of hydrogen-bond acceptors (Lipinski definition) is 4. The molecule has 21 heavy (non-hydrogen) atoms. The number of nitro benzene ring substituents is 1. The first-order valence-corrected chi connectivity index (χ1v) is 7.41. The minimum Gasteiger partial charge on any atom is -0.343 e. The van der Waals surface area contributed by atoms with Crippen molar-refractivity contribution >= 4 is 17.9 Å². The second-order valence-electron chi connectivity index (χ2n) is 5.28. The van der Waals surface area contributed by atoms with Gasteiger partial charge in [0, 0.05) is 11.8 Å². The first-order valence-electron chi connectivity index (χ1n) is 7.00. The lowest BCUT2D eigenvalue weighted by Gasteiger charge is -2.11. The molecular formula is C15H15N3O2S. The van der Waals surface area contributed by atoms with Crippen LogP contribution in [0.3, 0.4) is 0 Å². The molecule has 1 aromatic carbocycles. The molecule has 108 valence electrons. The van der Waals surface area contributed by atoms with Crippen LogP contribution < -0.4 is 0 Å². The minimum absolute atomic E-state index is 0.0409. The maximum absolute atomic E-state index is 11.2. The summed E-state index contributed by atoms with van der Waals surface area (Å²) in [5.74, 6) is 0.938. The van der Waals surface area contributed by atoms with E-state index in [0.29, 0.717) is 21.9 Å². The van der Waals surface area contributed by atoms with Gasteiger partial charge in [-0.1, -0.05) is 37.2 Å². The molecule has 1 aromatic heterocycles. The number of aromatic amines is 1. The number of H-pyrrole nitrogens is 1. The summed E-state index contributed by atoms with van der Waals surface area (Å²) >= 11 is 5.23. The number of nitrogens with one attached hydrogen (secondary N) is 1. The Morgan fingerprint density at radius 1 is 1.29 bits per heavy atom. The molecule has 1 N–H and O–H groups in total. The largest absolute Gasteiger partial charge is 0.343 e. The minimum atomic E-state index is -0.393. The second kappa shape index (κ2) is 5.73. The highest BCUT2D eigenvalue weighted by atomic mass is 32.1. The Kier molecular flexibility index (Phi) is 3.79. The van der Waals surface area contributed by atoms with Crippen molar-refractivity contribution in [3.8, 4) is 11.4 Å². The molecule has 1 saturated carbocycles. The van der Waals surface area contributed by atoms with E-state index in [1.54, 1.807) is 18.2 Å². The Morgan fingerprint density at radius 2 is 2.00 bits per heavy atom. The summed E-state index contributed by atoms with van der Waals surface area (Å²) in [7, 11) is 0. The van der Waals surface area contributed by atoms with Gasteiger partial charge < -0.3 is 4.98 Å². The summed E-state index contributed by atoms with van der Waals surface area (Å²) in [6.07, 6.45) is 4.69. The third-order valence-electron chi connectivity index (χ3n) is 3.91. The monoisotopic (exact) mass is 301 g/mol. The van der Waals surface area contributed by atoms with Crippen molar-refractivity contribution < 1.29 is 4.92 Å². The average molecular weight is 301 g/mol. The van der Waals surface area contributed by atoms with E-state index in [1.165, 1.54) is 18.9 Å². The fraction of sp³-hybridized carbons (Fsp3) is 0.333. The van der Waals surface area contributed by atoms with E-state index in [4.69, 9.17) is 12.2 Å². The molecule has 0 spiro atoms. The highest BCUT2D eigenvalue weighted by molar-refractivity contribution is 7.71. The van der Waals surface area contributed by atoms with Crippen LogP contribution in [0.25, 0.3) is 11.4 Å². The molecule has 0 atom stereocenters. The number of para-hydroxylation sites is 1. The first-order chi connectivity index (χ1) is 10.1. The third-order valence-corrected chi connectivity index (χ3v) is 4.12. The number of aromatic nitrogens is 2. The number of nitrogens with zero attached hydrogens (tertiary/aromatic N) is 2. The average Bonchev–Trinajstić information content (AvgIpc) is 3.01. The molecular weight excluding hydrogens is 286 g/mol. The predicted octanol–water partition coefficient (Wildman–Crippen LogP) is 4.37. The Bertz CT molecular complexity index is 736. The van der Waals surface area contributed by atoms with Crippen molar-refractivity contribution in [3.63, 3.8) is 0 Å². The number of rotatable bonds is 3. The van der Waals surface area contributed by atoms with Crippen LogP contribution in [-0.2, 0) is 0 Å². The molecule has 0 saturated heterocycles. The smallest absolute Gasteiger partial charge is 0.280 e. The second-order valence-corrected chi connectivity index (χ2v) is 5.70. The lowest BCUT2D eigenvalue weighted by molar-refractivity contribution is -0.384. The maximum Gasteiger partial charge on any atom is 0.280 e. The standard InChI is InChI=1S/C15H15N3O2S/c19-18(20)13-8-4-3-7-11(13)15-16-12(9-14(21)17-15)10-5-1-2-6-10/h3-4,7-10H,1-2,5-6H2,(H,16,17,21). The molecule has 0 amide bonds. The summed E-state index contributed by atoms with van der Waals surface area (Å²) in [5.41, 5.74) is 1.56. The van der Waals surface area contributed by atoms with E-state index in [1.807, 2.05) is 6.07 Å². The zero-order valence-corrected chi connectivity index (χ0v) is 12.2. The van der Waals surface area contributed by atoms with E-state index in [9.17, 15) is 10.1 Å². The zero-order chi connectivity index (χ0) is 14.8. The van der Waals surface area contributed by atoms with E-state index in [2.05, 4.69) is 9.97 Å². The van der Waals surface area contributed by atoms with Gasteiger partial charge in [-0.3, -0.25) is 10.1 Å². The van der Waals surface area contributed by atoms with Crippen LogP contribution in [0, 0.1) is 14.8 Å². The number of benzene rings is 1. The SMILES string of the molecule is O=[N+]([O-])c1ccccc1-c1nc(=S)cc(C2CCCC2)[nH]1. The van der Waals surface area contributed by atoms with Gasteiger partial charge in [-0.05, 0) is 30.9 Å². The van der Waals surface area contributed by atoms with Gasteiger partial charge in [0.15, 0.2) is 0 Å². The summed E-state index contributed by atoms with van der Waals surface area (Å²) in [5, 5.41) is 11.2. The van der Waals surface area contributed by atoms with E-state index < -0.39 is 4.92 Å². The summed E-state index contributed by atoms with van der Waals surface area (Å²) < 4.78 is 0.476. The van der Waals surface area contributed by atoms with Crippen LogP contribution in [-0.4, -0.2) is 14.9 Å². The molecule has 0 aliphatic heterocycles. The molecule has 1 heterocycles. The van der Waals surface area contributed by atoms with Gasteiger partial charge in [-0.15, -0.1) is 0 Å². The highest BCUT2D eigenvalue weighted by Crippen LogP contribution is 2.34. The molecule has 2 aromatic rings. The van der Waals surface area contributed by atoms with Crippen molar-refractivity contribution in [3.05, 3.63) is 50.8 Å². The van der Waals surface area contributed by atoms with Crippen molar-refractivity contribution in [2.24, 2.45) is 0 Å². The molecule has 1 fully saturated rings. The Balaban J connectivity index is 2.10. The quantitative estimate of drug-likeness (QED) is 0.519. The van der Waals surface area contributed by atoms with Gasteiger partial charge in [0.05, 0.1) is 10.5 Å². The molecule has 0 bridgehead atoms. The van der Waals surface area contributed by atoms with Crippen molar-refractivity contribution in [1.29, 1.82) is 0 Å². The Hall–Kier alpha value is -2.08. The molecule has 3 rings (SSSR count). The van der Waals surface area contributed by atoms with Crippen LogP contribution >= 0.6 is 12.2 Å². The Labute approximate surface area is 127 Å². The van der Waals surface area contributed by atoms with Crippen molar-refractivity contribution in [2.75, 3.05) is 0 Å². The van der Waals surface area contributed by atoms with Crippen LogP contribution in [0.4, 0.5) is 5.69 Å². The maximum atomic E-state index is 11.2. The number of nitro groups is 1. The van der Waals surface area contributed by atoms with Gasteiger partial charge in [-0.25, -0.2) is 4.98 Å². The summed E-state index contributed by atoms with van der Waals surface area (Å²) in [4.78, 5) is 18.3. The van der Waals surface area contributed by atoms with Gasteiger partial charge in [0.2, 0.25) is 0 Å². The van der Waals surface area contributed by atoms with Crippen molar-refractivity contribution in [1.82, 2.24) is 9.97 Å². The lowest BCUT2D eigenvalue weighted by atomic mass is 10.0. The van der Waals surface area contributed by atoms with Gasteiger partial charge in [-0.2, -0.15) is 0 Å². The summed E-state index contributed by atoms with van der Waals surface area (Å²) in [6.45, 7) is 0. The van der Waals surface area contributed by atoms with Gasteiger partial charge in [0.1, 0.15) is 10.5 Å². The van der Waals surface area contributed by atoms with E-state index in [-0.39, 0.29) is 5.69 Å². The summed E-state index contributed by atoms with van der Waals surface area (Å²) in [6, 6.07) is 8.48. The van der Waals surface area contributed by atoms with Crippen LogP contribution in [0.2, 0.25) is 0 Å². The van der Waals surface area contributed by atoms with Gasteiger partial charge in [0.25, 0.3) is 5.69 Å². The van der Waals surface area contributed by atoms with Gasteiger partial charge >= 0.3 is 0 Å². The van der Waals surface area contributed by atoms with Crippen LogP contribution in [0.15, 0.2) is 30.3 Å². The van der Waals surface area contributed by atoms with Crippen LogP contribution in [0.1, 0.15) is 37.3 Å². The fourth-order valence-corrected chi connectivity index (χ4v) is 3.11. The highest BCUT2D eigenvalue weighted by Gasteiger charge is 2.21. The molecule has 1 aliphatic rings. The van der Waals surface area contributed by atoms with Crippen molar-refractivity contribution in [2.45, 2.75) is 31.6 Å². The fourth-order valence-electron chi connectivity index (χ4n) is 2.89. The Morgan fingerprint density at radius 3 is 2.71 bits per heavy atom. The zero-order valence-electron chi connectivity index (χ0n) is 11.4. The molecule has 1 aliphatic carbocycles. The molecule has 0 unspecified atom stereocenters. The lowest BCUT2D eigenvalue weighted by Crippen LogP contribution is -2.02. The molecule has 5 nitrogen and oxygen atoms in total. The number of hydrogen-bond donors (Lipinski definition) is 1. The van der Waals surface area contributed by atoms with E-state index >= 15 is 0 Å². The molecule has 6 heteroatoms. The molecule has 0 radical (unpaired) electrons. The van der Waals surface area contributed by atoms with E-state index in [0.717, 1.165) is 18.5 Å².